The summed E-state index contributed by atoms with van der Waals surface area (Å²) in [4.78, 5) is 26.7. The van der Waals surface area contributed by atoms with Gasteiger partial charge in [-0.05, 0) is 47.9 Å². The van der Waals surface area contributed by atoms with Crippen molar-refractivity contribution in [2.24, 2.45) is 11.8 Å². The number of rotatable bonds is 4. The number of carbonyl (C=O) groups excluding carboxylic acids is 1. The van der Waals surface area contributed by atoms with Crippen molar-refractivity contribution in [3.63, 3.8) is 0 Å². The maximum absolute atomic E-state index is 13.2. The molecule has 3 unspecified atom stereocenters. The van der Waals surface area contributed by atoms with Gasteiger partial charge in [-0.2, -0.15) is 0 Å². The van der Waals surface area contributed by atoms with Crippen LogP contribution in [0.5, 0.6) is 0 Å². The molecule has 0 spiro atoms. The molecule has 1 amide bonds. The molecule has 1 saturated heterocycles. The highest BCUT2D eigenvalue weighted by Gasteiger charge is 2.44. The third-order valence-electron chi connectivity index (χ3n) is 6.65. The molecule has 30 heavy (non-hydrogen) atoms. The van der Waals surface area contributed by atoms with E-state index in [1.807, 2.05) is 45.0 Å². The topological polar surface area (TPSA) is 66.8 Å². The molecule has 2 aromatic rings. The lowest BCUT2D eigenvalue weighted by Gasteiger charge is -2.45. The number of hydrogen-bond donors (Lipinski definition) is 1. The van der Waals surface area contributed by atoms with E-state index < -0.39 is 18.0 Å². The summed E-state index contributed by atoms with van der Waals surface area (Å²) >= 11 is 0. The predicted molar refractivity (Wildman–Crippen MR) is 115 cm³/mol. The largest absolute Gasteiger partial charge is 0.481 e. The second kappa shape index (κ2) is 8.13. The van der Waals surface area contributed by atoms with E-state index in [9.17, 15) is 14.7 Å². The first-order chi connectivity index (χ1) is 14.4. The standard InChI is InChI=1S/C25H29NO4/c1-15(2)23-21(24(27)28)13-12-16(3)26(23)25(29)30-14-22-19-10-6-4-8-17(19)18-9-5-7-11-20(18)22/h4-11,15-16,21-23H,12-14H2,1-3H3,(H,27,28). The number of carbonyl (C=O) groups is 2. The van der Waals surface area contributed by atoms with Crippen LogP contribution >= 0.6 is 0 Å². The first kappa shape index (κ1) is 20.5. The first-order valence-electron chi connectivity index (χ1n) is 10.8. The minimum atomic E-state index is -0.836. The van der Waals surface area contributed by atoms with Crippen molar-refractivity contribution in [3.05, 3.63) is 59.7 Å². The molecule has 158 valence electrons. The molecule has 1 aliphatic carbocycles. The number of hydrogen-bond acceptors (Lipinski definition) is 3. The summed E-state index contributed by atoms with van der Waals surface area (Å²) < 4.78 is 5.85. The lowest BCUT2D eigenvalue weighted by atomic mass is 9.80. The van der Waals surface area contributed by atoms with Gasteiger partial charge in [0.05, 0.1) is 12.0 Å². The molecule has 2 aromatic carbocycles. The molecular weight excluding hydrogens is 378 g/mol. The van der Waals surface area contributed by atoms with Crippen LogP contribution in [0.1, 0.15) is 50.7 Å². The lowest BCUT2D eigenvalue weighted by Crippen LogP contribution is -2.57. The van der Waals surface area contributed by atoms with Crippen molar-refractivity contribution < 1.29 is 19.4 Å². The van der Waals surface area contributed by atoms with Crippen molar-refractivity contribution in [3.8, 4) is 11.1 Å². The van der Waals surface area contributed by atoms with Crippen molar-refractivity contribution in [1.82, 2.24) is 4.90 Å². The average Bonchev–Trinajstić information content (AvgIpc) is 3.05. The molecule has 4 rings (SSSR count). The van der Waals surface area contributed by atoms with Crippen molar-refractivity contribution in [2.45, 2.75) is 51.6 Å². The third kappa shape index (κ3) is 3.47. The Morgan fingerprint density at radius 2 is 1.60 bits per heavy atom. The van der Waals surface area contributed by atoms with Gasteiger partial charge in [0.25, 0.3) is 0 Å². The lowest BCUT2D eigenvalue weighted by molar-refractivity contribution is -0.147. The summed E-state index contributed by atoms with van der Waals surface area (Å²) in [7, 11) is 0. The molecule has 0 bridgehead atoms. The van der Waals surface area contributed by atoms with Gasteiger partial charge in [0.15, 0.2) is 0 Å². The van der Waals surface area contributed by atoms with Gasteiger partial charge in [-0.15, -0.1) is 0 Å². The molecule has 5 heteroatoms. The van der Waals surface area contributed by atoms with E-state index >= 15 is 0 Å². The van der Waals surface area contributed by atoms with Gasteiger partial charge in [-0.1, -0.05) is 62.4 Å². The van der Waals surface area contributed by atoms with Gasteiger partial charge in [-0.25, -0.2) is 4.79 Å². The summed E-state index contributed by atoms with van der Waals surface area (Å²) in [5.74, 6) is -1.36. The third-order valence-corrected chi connectivity index (χ3v) is 6.65. The fraction of sp³-hybridized carbons (Fsp3) is 0.440. The Kier molecular flexibility index (Phi) is 5.54. The maximum atomic E-state index is 13.2. The van der Waals surface area contributed by atoms with Crippen LogP contribution < -0.4 is 0 Å². The summed E-state index contributed by atoms with van der Waals surface area (Å²) in [5.41, 5.74) is 4.71. The minimum Gasteiger partial charge on any atom is -0.481 e. The average molecular weight is 408 g/mol. The number of ether oxygens (including phenoxy) is 1. The van der Waals surface area contributed by atoms with Gasteiger partial charge in [-0.3, -0.25) is 4.79 Å². The number of amides is 1. The minimum absolute atomic E-state index is 0.00535. The summed E-state index contributed by atoms with van der Waals surface area (Å²) in [5, 5.41) is 9.69. The summed E-state index contributed by atoms with van der Waals surface area (Å²) in [6.07, 6.45) is 0.852. The Hall–Kier alpha value is -2.82. The quantitative estimate of drug-likeness (QED) is 0.762. The molecule has 0 aromatic heterocycles. The number of aliphatic carboxylic acids is 1. The second-order valence-corrected chi connectivity index (χ2v) is 8.82. The summed E-state index contributed by atoms with van der Waals surface area (Å²) in [6, 6.07) is 16.1. The van der Waals surface area contributed by atoms with Gasteiger partial charge < -0.3 is 14.7 Å². The number of carboxylic acid groups (broad SMARTS) is 1. The number of piperidine rings is 1. The van der Waals surface area contributed by atoms with Gasteiger partial charge in [0.1, 0.15) is 6.61 Å². The van der Waals surface area contributed by atoms with E-state index in [0.717, 1.165) is 0 Å². The molecule has 5 nitrogen and oxygen atoms in total. The van der Waals surface area contributed by atoms with Gasteiger partial charge in [0, 0.05) is 12.0 Å². The Morgan fingerprint density at radius 1 is 1.03 bits per heavy atom. The summed E-state index contributed by atoms with van der Waals surface area (Å²) in [6.45, 7) is 6.18. The molecule has 2 aliphatic rings. The number of carboxylic acids is 1. The van der Waals surface area contributed by atoms with E-state index in [4.69, 9.17) is 4.74 Å². The zero-order valence-corrected chi connectivity index (χ0v) is 17.7. The highest BCUT2D eigenvalue weighted by atomic mass is 16.6. The Bertz CT molecular complexity index is 908. The van der Waals surface area contributed by atoms with Crippen LogP contribution in [0.4, 0.5) is 4.79 Å². The second-order valence-electron chi connectivity index (χ2n) is 8.82. The van der Waals surface area contributed by atoms with Crippen LogP contribution in [0.15, 0.2) is 48.5 Å². The zero-order valence-electron chi connectivity index (χ0n) is 17.7. The van der Waals surface area contributed by atoms with Crippen LogP contribution in [0.3, 0.4) is 0 Å². The molecule has 1 N–H and O–H groups in total. The Morgan fingerprint density at radius 3 is 2.13 bits per heavy atom. The highest BCUT2D eigenvalue weighted by molar-refractivity contribution is 5.79. The monoisotopic (exact) mass is 407 g/mol. The number of likely N-dealkylation sites (tertiary alicyclic amines) is 1. The molecule has 3 atom stereocenters. The molecule has 0 radical (unpaired) electrons. The normalized spacial score (nSPS) is 23.2. The van der Waals surface area contributed by atoms with Crippen LogP contribution in [0, 0.1) is 11.8 Å². The van der Waals surface area contributed by atoms with E-state index in [1.165, 1.54) is 22.3 Å². The number of benzene rings is 2. The van der Waals surface area contributed by atoms with Crippen LogP contribution in [-0.4, -0.2) is 40.8 Å². The zero-order chi connectivity index (χ0) is 21.4. The fourth-order valence-corrected chi connectivity index (χ4v) is 5.24. The van der Waals surface area contributed by atoms with Crippen molar-refractivity contribution >= 4 is 12.1 Å². The SMILES string of the molecule is CC(C)C1C(C(=O)O)CCC(C)N1C(=O)OCC1c2ccccc2-c2ccccc21. The Balaban J connectivity index is 1.56. The fourth-order valence-electron chi connectivity index (χ4n) is 5.24. The van der Waals surface area contributed by atoms with Crippen molar-refractivity contribution in [1.29, 1.82) is 0 Å². The molecule has 1 fully saturated rings. The van der Waals surface area contributed by atoms with E-state index in [-0.39, 0.29) is 30.5 Å². The van der Waals surface area contributed by atoms with E-state index in [1.54, 1.807) is 4.90 Å². The smallest absolute Gasteiger partial charge is 0.410 e. The van der Waals surface area contributed by atoms with Gasteiger partial charge in [0.2, 0.25) is 0 Å². The molecular formula is C25H29NO4. The van der Waals surface area contributed by atoms with Crippen LogP contribution in [-0.2, 0) is 9.53 Å². The van der Waals surface area contributed by atoms with Crippen LogP contribution in [0.25, 0.3) is 11.1 Å². The molecule has 1 aliphatic heterocycles. The number of nitrogens with zero attached hydrogens (tertiary/aromatic N) is 1. The van der Waals surface area contributed by atoms with E-state index in [0.29, 0.717) is 12.8 Å². The van der Waals surface area contributed by atoms with E-state index in [2.05, 4.69) is 24.3 Å². The molecule has 1 heterocycles. The highest BCUT2D eigenvalue weighted by Crippen LogP contribution is 2.44. The maximum Gasteiger partial charge on any atom is 0.410 e. The van der Waals surface area contributed by atoms with Crippen LogP contribution in [0.2, 0.25) is 0 Å². The predicted octanol–water partition coefficient (Wildman–Crippen LogP) is 5.15. The first-order valence-corrected chi connectivity index (χ1v) is 10.8. The number of fused-ring (bicyclic) bond motifs is 3. The molecule has 0 saturated carbocycles. The van der Waals surface area contributed by atoms with Gasteiger partial charge >= 0.3 is 12.1 Å². The Labute approximate surface area is 177 Å². The van der Waals surface area contributed by atoms with Crippen molar-refractivity contribution in [2.75, 3.05) is 6.61 Å².